The average molecular weight is 322 g/mol. The molecule has 0 atom stereocenters. The van der Waals surface area contributed by atoms with Gasteiger partial charge in [-0.15, -0.1) is 0 Å². The quantitative estimate of drug-likeness (QED) is 0.937. The number of nitrogens with one attached hydrogen (secondary N) is 1. The molecule has 0 radical (unpaired) electrons. The molecule has 2 heterocycles. The molecule has 1 amide bonds. The Balaban J connectivity index is 2.04. The van der Waals surface area contributed by atoms with Crippen LogP contribution in [-0.4, -0.2) is 23.0 Å². The minimum absolute atomic E-state index is 0.195. The number of amides is 1. The molecule has 0 saturated carbocycles. The minimum Gasteiger partial charge on any atom is -0.481 e. The van der Waals surface area contributed by atoms with Crippen molar-refractivity contribution in [1.29, 1.82) is 0 Å². The number of aromatic nitrogens is 2. The van der Waals surface area contributed by atoms with Crippen LogP contribution < -0.4 is 10.1 Å². The van der Waals surface area contributed by atoms with Gasteiger partial charge in [0.15, 0.2) is 0 Å². The van der Waals surface area contributed by atoms with Gasteiger partial charge in [-0.1, -0.05) is 6.07 Å². The van der Waals surface area contributed by atoms with E-state index in [1.54, 1.807) is 31.6 Å². The van der Waals surface area contributed by atoms with E-state index >= 15 is 0 Å². The highest BCUT2D eigenvalue weighted by atomic mass is 79.9. The number of halogens is 1. The van der Waals surface area contributed by atoms with Gasteiger partial charge in [-0.25, -0.2) is 4.98 Å². The lowest BCUT2D eigenvalue weighted by Gasteiger charge is -2.08. The van der Waals surface area contributed by atoms with Crippen LogP contribution in [0.2, 0.25) is 0 Å². The molecule has 0 aliphatic heterocycles. The molecule has 98 valence electrons. The summed E-state index contributed by atoms with van der Waals surface area (Å²) >= 11 is 3.28. The lowest BCUT2D eigenvalue weighted by atomic mass is 10.2. The topological polar surface area (TPSA) is 64.1 Å². The Morgan fingerprint density at radius 1 is 1.47 bits per heavy atom. The van der Waals surface area contributed by atoms with Crippen LogP contribution >= 0.6 is 15.9 Å². The van der Waals surface area contributed by atoms with Gasteiger partial charge in [0.05, 0.1) is 12.7 Å². The Hall–Kier alpha value is -1.95. The first-order valence-corrected chi connectivity index (χ1v) is 6.36. The predicted molar refractivity (Wildman–Crippen MR) is 73.9 cm³/mol. The number of methoxy groups -OCH3 is 1. The van der Waals surface area contributed by atoms with Crippen LogP contribution in [0.5, 0.6) is 5.88 Å². The first-order chi connectivity index (χ1) is 9.20. The maximum absolute atomic E-state index is 11.9. The summed E-state index contributed by atoms with van der Waals surface area (Å²) < 4.78 is 5.88. The first kappa shape index (κ1) is 13.5. The van der Waals surface area contributed by atoms with Crippen molar-refractivity contribution in [2.24, 2.45) is 0 Å². The van der Waals surface area contributed by atoms with E-state index in [0.717, 1.165) is 10.0 Å². The Labute approximate surface area is 119 Å². The van der Waals surface area contributed by atoms with Gasteiger partial charge in [0.1, 0.15) is 0 Å². The summed E-state index contributed by atoms with van der Waals surface area (Å²) in [5.41, 5.74) is 1.32. The molecule has 2 aromatic heterocycles. The van der Waals surface area contributed by atoms with Crippen molar-refractivity contribution in [3.05, 3.63) is 52.4 Å². The molecule has 0 unspecified atom stereocenters. The van der Waals surface area contributed by atoms with Gasteiger partial charge in [0.25, 0.3) is 5.91 Å². The van der Waals surface area contributed by atoms with E-state index in [2.05, 4.69) is 31.2 Å². The van der Waals surface area contributed by atoms with Crippen molar-refractivity contribution in [3.8, 4) is 5.88 Å². The zero-order chi connectivity index (χ0) is 13.7. The summed E-state index contributed by atoms with van der Waals surface area (Å²) in [6, 6.07) is 5.36. The molecule has 0 aliphatic carbocycles. The van der Waals surface area contributed by atoms with Gasteiger partial charge in [-0.3, -0.25) is 9.78 Å². The van der Waals surface area contributed by atoms with Crippen LogP contribution in [-0.2, 0) is 6.54 Å². The smallest absolute Gasteiger partial charge is 0.253 e. The third-order valence-corrected chi connectivity index (χ3v) is 2.88. The van der Waals surface area contributed by atoms with Gasteiger partial charge < -0.3 is 10.1 Å². The maximum Gasteiger partial charge on any atom is 0.253 e. The van der Waals surface area contributed by atoms with Crippen molar-refractivity contribution < 1.29 is 9.53 Å². The van der Waals surface area contributed by atoms with E-state index in [-0.39, 0.29) is 5.91 Å². The lowest BCUT2D eigenvalue weighted by molar-refractivity contribution is 0.0950. The number of rotatable bonds is 4. The molecule has 0 bridgehead atoms. The van der Waals surface area contributed by atoms with Crippen molar-refractivity contribution in [1.82, 2.24) is 15.3 Å². The van der Waals surface area contributed by atoms with Crippen LogP contribution in [0, 0.1) is 0 Å². The van der Waals surface area contributed by atoms with Crippen molar-refractivity contribution >= 4 is 21.8 Å². The Bertz CT molecular complexity index is 590. The Morgan fingerprint density at radius 2 is 2.32 bits per heavy atom. The highest BCUT2D eigenvalue weighted by Crippen LogP contribution is 2.14. The molecule has 0 spiro atoms. The number of ether oxygens (including phenoxy) is 1. The second kappa shape index (κ2) is 6.29. The van der Waals surface area contributed by atoms with E-state index in [4.69, 9.17) is 4.74 Å². The van der Waals surface area contributed by atoms with Crippen molar-refractivity contribution in [3.63, 3.8) is 0 Å². The Morgan fingerprint density at radius 3 is 3.05 bits per heavy atom. The highest BCUT2D eigenvalue weighted by molar-refractivity contribution is 9.10. The second-order valence-corrected chi connectivity index (χ2v) is 4.66. The summed E-state index contributed by atoms with van der Waals surface area (Å²) in [6.45, 7) is 0.350. The highest BCUT2D eigenvalue weighted by Gasteiger charge is 2.08. The normalized spacial score (nSPS) is 10.0. The molecule has 2 aromatic rings. The van der Waals surface area contributed by atoms with Gasteiger partial charge >= 0.3 is 0 Å². The summed E-state index contributed by atoms with van der Waals surface area (Å²) in [7, 11) is 1.55. The zero-order valence-electron chi connectivity index (χ0n) is 10.3. The first-order valence-electron chi connectivity index (χ1n) is 5.57. The molecular weight excluding hydrogens is 310 g/mol. The standard InChI is InChI=1S/C13H12BrN3O2/c1-19-13-9(3-2-4-16-13)7-17-12(18)10-5-11(14)8-15-6-10/h2-6,8H,7H2,1H3,(H,17,18). The van der Waals surface area contributed by atoms with E-state index < -0.39 is 0 Å². The Kier molecular flexibility index (Phi) is 4.46. The molecular formula is C13H12BrN3O2. The molecule has 0 aromatic carbocycles. The molecule has 19 heavy (non-hydrogen) atoms. The number of hydrogen-bond donors (Lipinski definition) is 1. The van der Waals surface area contributed by atoms with Crippen molar-refractivity contribution in [2.75, 3.05) is 7.11 Å². The van der Waals surface area contributed by atoms with Crippen LogP contribution in [0.15, 0.2) is 41.3 Å². The lowest BCUT2D eigenvalue weighted by Crippen LogP contribution is -2.23. The van der Waals surface area contributed by atoms with E-state index in [1.807, 2.05) is 6.07 Å². The fourth-order valence-electron chi connectivity index (χ4n) is 1.56. The summed E-state index contributed by atoms with van der Waals surface area (Å²) in [4.78, 5) is 20.0. The minimum atomic E-state index is -0.195. The SMILES string of the molecule is COc1ncccc1CNC(=O)c1cncc(Br)c1. The third kappa shape index (κ3) is 3.51. The van der Waals surface area contributed by atoms with Gasteiger partial charge in [-0.05, 0) is 28.1 Å². The van der Waals surface area contributed by atoms with Gasteiger partial charge in [0, 0.05) is 35.2 Å². The van der Waals surface area contributed by atoms with Crippen LogP contribution in [0.4, 0.5) is 0 Å². The summed E-state index contributed by atoms with van der Waals surface area (Å²) in [5.74, 6) is 0.315. The fourth-order valence-corrected chi connectivity index (χ4v) is 1.92. The van der Waals surface area contributed by atoms with Crippen LogP contribution in [0.25, 0.3) is 0 Å². The third-order valence-electron chi connectivity index (χ3n) is 2.45. The number of nitrogens with zero attached hydrogens (tertiary/aromatic N) is 2. The molecule has 0 fully saturated rings. The largest absolute Gasteiger partial charge is 0.481 e. The predicted octanol–water partition coefficient (Wildman–Crippen LogP) is 2.18. The second-order valence-electron chi connectivity index (χ2n) is 3.75. The molecule has 1 N–H and O–H groups in total. The fraction of sp³-hybridized carbons (Fsp3) is 0.154. The zero-order valence-corrected chi connectivity index (χ0v) is 11.8. The van der Waals surface area contributed by atoms with Gasteiger partial charge in [-0.2, -0.15) is 0 Å². The average Bonchev–Trinajstić information content (AvgIpc) is 2.45. The molecule has 5 nitrogen and oxygen atoms in total. The van der Waals surface area contributed by atoms with Crippen LogP contribution in [0.3, 0.4) is 0 Å². The van der Waals surface area contributed by atoms with E-state index in [0.29, 0.717) is 18.0 Å². The number of pyridine rings is 2. The van der Waals surface area contributed by atoms with Gasteiger partial charge in [0.2, 0.25) is 5.88 Å². The van der Waals surface area contributed by atoms with Crippen LogP contribution in [0.1, 0.15) is 15.9 Å². The van der Waals surface area contributed by atoms with Crippen molar-refractivity contribution in [2.45, 2.75) is 6.54 Å². The molecule has 0 aliphatic rings. The molecule has 2 rings (SSSR count). The molecule has 6 heteroatoms. The maximum atomic E-state index is 11.9. The summed E-state index contributed by atoms with van der Waals surface area (Å²) in [5, 5.41) is 2.80. The summed E-state index contributed by atoms with van der Waals surface area (Å²) in [6.07, 6.45) is 4.78. The number of carbonyl (C=O) groups is 1. The monoisotopic (exact) mass is 321 g/mol. The number of hydrogen-bond acceptors (Lipinski definition) is 4. The molecule has 0 saturated heterocycles. The number of carbonyl (C=O) groups excluding carboxylic acids is 1. The van der Waals surface area contributed by atoms with E-state index in [9.17, 15) is 4.79 Å². The van der Waals surface area contributed by atoms with E-state index in [1.165, 1.54) is 6.20 Å².